The molecule has 22 heavy (non-hydrogen) atoms. The molecule has 2 aromatic rings. The second-order valence-electron chi connectivity index (χ2n) is 5.40. The van der Waals surface area contributed by atoms with E-state index in [-0.39, 0.29) is 11.2 Å². The number of hydrogen-bond donors (Lipinski definition) is 1. The number of carbonyl (C=O) groups excluding carboxylic acids is 1. The number of carbonyl (C=O) groups is 1. The molecule has 5 nitrogen and oxygen atoms in total. The van der Waals surface area contributed by atoms with Crippen LogP contribution in [0.15, 0.2) is 22.5 Å². The summed E-state index contributed by atoms with van der Waals surface area (Å²) in [5.41, 5.74) is 3.49. The van der Waals surface area contributed by atoms with Gasteiger partial charge >= 0.3 is 0 Å². The van der Waals surface area contributed by atoms with Gasteiger partial charge in [-0.05, 0) is 37.5 Å². The van der Waals surface area contributed by atoms with Crippen LogP contribution >= 0.6 is 23.1 Å². The van der Waals surface area contributed by atoms with Crippen molar-refractivity contribution in [3.05, 3.63) is 29.3 Å². The van der Waals surface area contributed by atoms with Crippen molar-refractivity contribution in [1.29, 1.82) is 0 Å². The summed E-state index contributed by atoms with van der Waals surface area (Å²) in [7, 11) is 1.84. The van der Waals surface area contributed by atoms with Crippen LogP contribution in [0.3, 0.4) is 0 Å². The Morgan fingerprint density at radius 3 is 2.91 bits per heavy atom. The van der Waals surface area contributed by atoms with Gasteiger partial charge < -0.3 is 10.2 Å². The van der Waals surface area contributed by atoms with Crippen LogP contribution in [0.25, 0.3) is 0 Å². The van der Waals surface area contributed by atoms with Crippen LogP contribution in [0.2, 0.25) is 0 Å². The average Bonchev–Trinajstić information content (AvgIpc) is 3.06. The summed E-state index contributed by atoms with van der Waals surface area (Å²) in [6.45, 7) is 4.99. The number of likely N-dealkylation sites (tertiary alicyclic amines) is 1. The van der Waals surface area contributed by atoms with Gasteiger partial charge in [0.1, 0.15) is 0 Å². The lowest BCUT2D eigenvalue weighted by molar-refractivity contribution is -0.126. The molecule has 1 saturated heterocycles. The van der Waals surface area contributed by atoms with E-state index >= 15 is 0 Å². The highest BCUT2D eigenvalue weighted by Gasteiger charge is 2.30. The van der Waals surface area contributed by atoms with Crippen molar-refractivity contribution in [3.63, 3.8) is 0 Å². The van der Waals surface area contributed by atoms with Gasteiger partial charge in [-0.25, -0.2) is 0 Å². The van der Waals surface area contributed by atoms with E-state index in [0.717, 1.165) is 28.1 Å². The first kappa shape index (κ1) is 15.3. The second kappa shape index (κ2) is 6.26. The summed E-state index contributed by atoms with van der Waals surface area (Å²) in [6.07, 6.45) is 0.874. The molecule has 0 radical (unpaired) electrons. The maximum atomic E-state index is 11.9. The fraction of sp³-hybridized carbons (Fsp3) is 0.400. The third-order valence-corrected chi connectivity index (χ3v) is 6.05. The molecule has 1 aliphatic heterocycles. The van der Waals surface area contributed by atoms with E-state index in [1.165, 1.54) is 34.2 Å². The Kier molecular flexibility index (Phi) is 4.35. The number of thioether (sulfide) groups is 1. The molecular weight excluding hydrogens is 316 g/mol. The standard InChI is InChI=1S/C15H18N4OS2/c1-9-5-4-6-11(10(9)2)16-14-17-18-15(22-14)21-12-7-8-19(3)13(12)20/h4-6,12H,7-8H2,1-3H3,(H,16,17). The quantitative estimate of drug-likeness (QED) is 0.930. The molecule has 0 spiro atoms. The van der Waals surface area contributed by atoms with E-state index in [1.807, 2.05) is 19.2 Å². The number of nitrogens with one attached hydrogen (secondary N) is 1. The molecular formula is C15H18N4OS2. The van der Waals surface area contributed by atoms with E-state index in [2.05, 4.69) is 35.4 Å². The predicted octanol–water partition coefficient (Wildman–Crippen LogP) is 3.22. The van der Waals surface area contributed by atoms with E-state index < -0.39 is 0 Å². The van der Waals surface area contributed by atoms with Crippen LogP contribution in [0.1, 0.15) is 17.5 Å². The number of hydrogen-bond acceptors (Lipinski definition) is 6. The van der Waals surface area contributed by atoms with Gasteiger partial charge in [-0.1, -0.05) is 35.2 Å². The molecule has 1 atom stereocenters. The molecule has 1 N–H and O–H groups in total. The lowest BCUT2D eigenvalue weighted by Crippen LogP contribution is -2.23. The maximum Gasteiger partial charge on any atom is 0.235 e. The molecule has 1 fully saturated rings. The molecule has 1 aliphatic rings. The minimum atomic E-state index is -0.0218. The van der Waals surface area contributed by atoms with Crippen LogP contribution < -0.4 is 5.32 Å². The van der Waals surface area contributed by atoms with E-state index in [0.29, 0.717) is 0 Å². The SMILES string of the molecule is Cc1cccc(Nc2nnc(SC3CCN(C)C3=O)s2)c1C. The molecule has 3 rings (SSSR count). The van der Waals surface area contributed by atoms with Crippen molar-refractivity contribution in [2.75, 3.05) is 18.9 Å². The van der Waals surface area contributed by atoms with Gasteiger partial charge in [-0.3, -0.25) is 4.79 Å². The summed E-state index contributed by atoms with van der Waals surface area (Å²) in [5.74, 6) is 0.184. The Morgan fingerprint density at radius 1 is 1.36 bits per heavy atom. The van der Waals surface area contributed by atoms with Crippen LogP contribution in [0.4, 0.5) is 10.8 Å². The largest absolute Gasteiger partial charge is 0.345 e. The Morgan fingerprint density at radius 2 is 2.18 bits per heavy atom. The number of rotatable bonds is 4. The van der Waals surface area contributed by atoms with E-state index in [4.69, 9.17) is 0 Å². The number of nitrogens with zero attached hydrogens (tertiary/aromatic N) is 3. The predicted molar refractivity (Wildman–Crippen MR) is 91.0 cm³/mol. The molecule has 0 bridgehead atoms. The number of aryl methyl sites for hydroxylation is 1. The van der Waals surface area contributed by atoms with Crippen LogP contribution in [0, 0.1) is 13.8 Å². The molecule has 0 saturated carbocycles. The fourth-order valence-electron chi connectivity index (χ4n) is 2.33. The fourth-order valence-corrected chi connectivity index (χ4v) is 4.43. The van der Waals surface area contributed by atoms with Crippen molar-refractivity contribution in [1.82, 2.24) is 15.1 Å². The second-order valence-corrected chi connectivity index (χ2v) is 7.83. The maximum absolute atomic E-state index is 11.9. The first-order valence-electron chi connectivity index (χ1n) is 7.13. The summed E-state index contributed by atoms with van der Waals surface area (Å²) < 4.78 is 0.835. The zero-order chi connectivity index (χ0) is 15.7. The van der Waals surface area contributed by atoms with E-state index in [9.17, 15) is 4.79 Å². The first-order valence-corrected chi connectivity index (χ1v) is 8.82. The highest BCUT2D eigenvalue weighted by Crippen LogP contribution is 2.34. The molecule has 7 heteroatoms. The Labute approximate surface area is 138 Å². The van der Waals surface area contributed by atoms with Crippen molar-refractivity contribution in [3.8, 4) is 0 Å². The third-order valence-electron chi connectivity index (χ3n) is 3.87. The Hall–Kier alpha value is -1.60. The van der Waals surface area contributed by atoms with Gasteiger partial charge in [-0.2, -0.15) is 0 Å². The zero-order valence-electron chi connectivity index (χ0n) is 12.8. The van der Waals surface area contributed by atoms with E-state index in [1.54, 1.807) is 4.90 Å². The molecule has 1 amide bonds. The smallest absolute Gasteiger partial charge is 0.235 e. The molecule has 1 aromatic carbocycles. The van der Waals surface area contributed by atoms with Crippen molar-refractivity contribution < 1.29 is 4.79 Å². The molecule has 116 valence electrons. The van der Waals surface area contributed by atoms with Gasteiger partial charge in [0.25, 0.3) is 0 Å². The Bertz CT molecular complexity index is 701. The summed E-state index contributed by atoms with van der Waals surface area (Å²) >= 11 is 3.01. The minimum Gasteiger partial charge on any atom is -0.345 e. The van der Waals surface area contributed by atoms with Crippen molar-refractivity contribution in [2.45, 2.75) is 29.9 Å². The molecule has 1 unspecified atom stereocenters. The van der Waals surface area contributed by atoms with Gasteiger partial charge in [0.2, 0.25) is 11.0 Å². The van der Waals surface area contributed by atoms with Gasteiger partial charge in [0.05, 0.1) is 5.25 Å². The average molecular weight is 334 g/mol. The number of aromatic nitrogens is 2. The number of benzene rings is 1. The number of anilines is 2. The summed E-state index contributed by atoms with van der Waals surface area (Å²) in [4.78, 5) is 13.7. The monoisotopic (exact) mass is 334 g/mol. The lowest BCUT2D eigenvalue weighted by Gasteiger charge is -2.08. The van der Waals surface area contributed by atoms with Gasteiger partial charge in [0.15, 0.2) is 4.34 Å². The normalized spacial score (nSPS) is 18.0. The topological polar surface area (TPSA) is 58.1 Å². The summed E-state index contributed by atoms with van der Waals surface area (Å²) in [6, 6.07) is 6.14. The third kappa shape index (κ3) is 3.10. The molecule has 0 aliphatic carbocycles. The van der Waals surface area contributed by atoms with Gasteiger partial charge in [0, 0.05) is 19.3 Å². The highest BCUT2D eigenvalue weighted by atomic mass is 32.2. The lowest BCUT2D eigenvalue weighted by atomic mass is 10.1. The molecule has 1 aromatic heterocycles. The van der Waals surface area contributed by atoms with Gasteiger partial charge in [-0.15, -0.1) is 10.2 Å². The van der Waals surface area contributed by atoms with Crippen LogP contribution in [-0.4, -0.2) is 39.8 Å². The summed E-state index contributed by atoms with van der Waals surface area (Å²) in [5, 5.41) is 12.4. The first-order chi connectivity index (χ1) is 10.5. The zero-order valence-corrected chi connectivity index (χ0v) is 14.4. The molecule has 2 heterocycles. The van der Waals surface area contributed by atoms with Crippen LogP contribution in [0.5, 0.6) is 0 Å². The highest BCUT2D eigenvalue weighted by molar-refractivity contribution is 8.02. The number of amides is 1. The Balaban J connectivity index is 1.69. The van der Waals surface area contributed by atoms with Crippen molar-refractivity contribution >= 4 is 39.8 Å². The minimum absolute atomic E-state index is 0.0218. The van der Waals surface area contributed by atoms with Crippen LogP contribution in [-0.2, 0) is 4.79 Å². The van der Waals surface area contributed by atoms with Crippen molar-refractivity contribution in [2.24, 2.45) is 0 Å².